The fraction of sp³-hybridized carbons (Fsp3) is 0.931. The summed E-state index contributed by atoms with van der Waals surface area (Å²) in [5, 5.41) is 9.12. The summed E-state index contributed by atoms with van der Waals surface area (Å²) in [5.74, 6) is 5.37. The summed E-state index contributed by atoms with van der Waals surface area (Å²) in [6.07, 6.45) is 17.8. The highest BCUT2D eigenvalue weighted by Gasteiger charge is 2.59. The monoisotopic (exact) mass is 494 g/mol. The SMILES string of the molecule is CC(C)CCCC(C)C1CCC2C3CC=C4CC(OCC(O)(P)P)CCC4(C)C3CCC12C. The first-order valence-electron chi connectivity index (χ1n) is 14.1. The molecule has 0 aromatic rings. The van der Waals surface area contributed by atoms with Gasteiger partial charge in [0, 0.05) is 0 Å². The first kappa shape index (κ1) is 26.6. The minimum absolute atomic E-state index is 0.268. The van der Waals surface area contributed by atoms with Crippen molar-refractivity contribution in [3.8, 4) is 0 Å². The Morgan fingerprint density at radius 3 is 2.52 bits per heavy atom. The lowest BCUT2D eigenvalue weighted by molar-refractivity contribution is -0.0684. The van der Waals surface area contributed by atoms with Crippen LogP contribution < -0.4 is 0 Å². The number of ether oxygens (including phenoxy) is 1. The Balaban J connectivity index is 1.43. The molecule has 4 aliphatic rings. The van der Waals surface area contributed by atoms with Crippen molar-refractivity contribution in [3.63, 3.8) is 0 Å². The molecule has 10 atom stereocenters. The van der Waals surface area contributed by atoms with Gasteiger partial charge < -0.3 is 9.84 Å². The van der Waals surface area contributed by atoms with Crippen LogP contribution in [0.1, 0.15) is 105 Å². The fourth-order valence-electron chi connectivity index (χ4n) is 9.05. The van der Waals surface area contributed by atoms with E-state index in [1.165, 1.54) is 57.8 Å². The smallest absolute Gasteiger partial charge is 0.113 e. The highest BCUT2D eigenvalue weighted by atomic mass is 31.1. The molecule has 190 valence electrons. The maximum absolute atomic E-state index is 10.0. The molecule has 2 nitrogen and oxygen atoms in total. The Labute approximate surface area is 209 Å². The van der Waals surface area contributed by atoms with Crippen LogP contribution in [0.3, 0.4) is 0 Å². The molecule has 3 fully saturated rings. The van der Waals surface area contributed by atoms with Gasteiger partial charge in [0.05, 0.1) is 12.7 Å². The zero-order valence-electron chi connectivity index (χ0n) is 22.1. The molecule has 0 amide bonds. The van der Waals surface area contributed by atoms with Gasteiger partial charge in [-0.15, -0.1) is 0 Å². The number of rotatable bonds is 8. The Bertz CT molecular complexity index is 713. The minimum Gasteiger partial charge on any atom is -0.380 e. The molecule has 3 saturated carbocycles. The number of hydrogen-bond acceptors (Lipinski definition) is 2. The van der Waals surface area contributed by atoms with Gasteiger partial charge in [0.2, 0.25) is 0 Å². The summed E-state index contributed by atoms with van der Waals surface area (Å²) in [6, 6.07) is 0. The van der Waals surface area contributed by atoms with E-state index in [4.69, 9.17) is 4.74 Å². The van der Waals surface area contributed by atoms with Crippen LogP contribution in [0.4, 0.5) is 0 Å². The molecule has 33 heavy (non-hydrogen) atoms. The van der Waals surface area contributed by atoms with E-state index in [0.717, 1.165) is 48.3 Å². The summed E-state index contributed by atoms with van der Waals surface area (Å²) < 4.78 is 6.12. The second-order valence-electron chi connectivity index (χ2n) is 13.5. The minimum atomic E-state index is -0.897. The molecule has 0 aromatic carbocycles. The van der Waals surface area contributed by atoms with E-state index in [0.29, 0.717) is 17.4 Å². The van der Waals surface area contributed by atoms with Crippen LogP contribution in [0, 0.1) is 46.3 Å². The van der Waals surface area contributed by atoms with Crippen molar-refractivity contribution in [2.45, 2.75) is 116 Å². The summed E-state index contributed by atoms with van der Waals surface area (Å²) in [7, 11) is 4.93. The zero-order chi connectivity index (χ0) is 24.0. The van der Waals surface area contributed by atoms with Gasteiger partial charge in [-0.2, -0.15) is 0 Å². The topological polar surface area (TPSA) is 29.5 Å². The number of aliphatic hydroxyl groups is 1. The molecule has 4 rings (SSSR count). The third kappa shape index (κ3) is 5.45. The Morgan fingerprint density at radius 1 is 1.06 bits per heavy atom. The molecule has 0 heterocycles. The highest BCUT2D eigenvalue weighted by molar-refractivity contribution is 7.39. The molecule has 0 spiro atoms. The predicted molar refractivity (Wildman–Crippen MR) is 147 cm³/mol. The molecule has 0 aromatic heterocycles. The molecule has 0 aliphatic heterocycles. The lowest BCUT2D eigenvalue weighted by Gasteiger charge is -2.58. The van der Waals surface area contributed by atoms with E-state index in [1.807, 2.05) is 0 Å². The van der Waals surface area contributed by atoms with Crippen molar-refractivity contribution < 1.29 is 9.84 Å². The molecule has 4 heteroatoms. The van der Waals surface area contributed by atoms with E-state index < -0.39 is 5.08 Å². The van der Waals surface area contributed by atoms with E-state index in [2.05, 4.69) is 59.2 Å². The van der Waals surface area contributed by atoms with Crippen LogP contribution in [-0.4, -0.2) is 22.9 Å². The van der Waals surface area contributed by atoms with Gasteiger partial charge in [0.25, 0.3) is 0 Å². The van der Waals surface area contributed by atoms with Crippen molar-refractivity contribution in [1.82, 2.24) is 0 Å². The molecule has 0 radical (unpaired) electrons. The van der Waals surface area contributed by atoms with Gasteiger partial charge in [0.1, 0.15) is 5.08 Å². The first-order chi connectivity index (χ1) is 15.4. The second-order valence-corrected chi connectivity index (χ2v) is 16.1. The van der Waals surface area contributed by atoms with Gasteiger partial charge in [0.15, 0.2) is 0 Å². The zero-order valence-corrected chi connectivity index (χ0v) is 24.4. The van der Waals surface area contributed by atoms with E-state index in [-0.39, 0.29) is 6.10 Å². The van der Waals surface area contributed by atoms with E-state index in [1.54, 1.807) is 5.57 Å². The average Bonchev–Trinajstić information content (AvgIpc) is 3.08. The predicted octanol–water partition coefficient (Wildman–Crippen LogP) is 7.81. The maximum Gasteiger partial charge on any atom is 0.113 e. The molecule has 10 unspecified atom stereocenters. The Morgan fingerprint density at radius 2 is 1.82 bits per heavy atom. The van der Waals surface area contributed by atoms with Crippen LogP contribution in [0.15, 0.2) is 11.6 Å². The van der Waals surface area contributed by atoms with Crippen molar-refractivity contribution >= 4 is 18.5 Å². The standard InChI is InChI=1S/C29H52O2P2/c1-19(2)7-6-8-20(3)24-11-12-25-23-10-9-21-17-22(31-18-29(30,32)33)13-15-27(21,4)26(23)14-16-28(24,25)5/h9,19-20,22-26,30H,6-8,10-18,32-33H2,1-5H3. The van der Waals surface area contributed by atoms with Crippen LogP contribution >= 0.6 is 18.5 Å². The van der Waals surface area contributed by atoms with Crippen molar-refractivity contribution in [1.29, 1.82) is 0 Å². The quantitative estimate of drug-likeness (QED) is 0.275. The van der Waals surface area contributed by atoms with Crippen LogP contribution in [0.5, 0.6) is 0 Å². The van der Waals surface area contributed by atoms with Gasteiger partial charge in [-0.05, 0) is 97.7 Å². The molecule has 4 aliphatic carbocycles. The van der Waals surface area contributed by atoms with Crippen LogP contribution in [-0.2, 0) is 4.74 Å². The largest absolute Gasteiger partial charge is 0.380 e. The first-order valence-corrected chi connectivity index (χ1v) is 15.2. The van der Waals surface area contributed by atoms with Crippen LogP contribution in [0.25, 0.3) is 0 Å². The van der Waals surface area contributed by atoms with Crippen LogP contribution in [0.2, 0.25) is 0 Å². The third-order valence-electron chi connectivity index (χ3n) is 10.8. The van der Waals surface area contributed by atoms with Crippen molar-refractivity contribution in [3.05, 3.63) is 11.6 Å². The lowest BCUT2D eigenvalue weighted by atomic mass is 9.47. The van der Waals surface area contributed by atoms with E-state index in [9.17, 15) is 5.11 Å². The number of hydrogen-bond donors (Lipinski definition) is 1. The van der Waals surface area contributed by atoms with Gasteiger partial charge in [-0.3, -0.25) is 0 Å². The maximum atomic E-state index is 10.0. The average molecular weight is 495 g/mol. The number of allylic oxidation sites excluding steroid dienone is 1. The third-order valence-corrected chi connectivity index (χ3v) is 11.1. The van der Waals surface area contributed by atoms with Gasteiger partial charge >= 0.3 is 0 Å². The Hall–Kier alpha value is 0.520. The molecule has 1 N–H and O–H groups in total. The van der Waals surface area contributed by atoms with E-state index >= 15 is 0 Å². The van der Waals surface area contributed by atoms with Gasteiger partial charge in [-0.1, -0.05) is 84.0 Å². The normalized spacial score (nSPS) is 41.8. The Kier molecular flexibility index (Phi) is 8.15. The van der Waals surface area contributed by atoms with Gasteiger partial charge in [-0.25, -0.2) is 0 Å². The summed E-state index contributed by atoms with van der Waals surface area (Å²) >= 11 is 0. The second kappa shape index (κ2) is 10.1. The van der Waals surface area contributed by atoms with Crippen molar-refractivity contribution in [2.75, 3.05) is 6.61 Å². The summed E-state index contributed by atoms with van der Waals surface area (Å²) in [5.41, 5.74) is 2.63. The molecular weight excluding hydrogens is 442 g/mol. The molecule has 0 saturated heterocycles. The van der Waals surface area contributed by atoms with Crippen molar-refractivity contribution in [2.24, 2.45) is 46.3 Å². The molecule has 0 bridgehead atoms. The summed E-state index contributed by atoms with van der Waals surface area (Å²) in [4.78, 5) is 0. The fourth-order valence-corrected chi connectivity index (χ4v) is 9.24. The highest BCUT2D eigenvalue weighted by Crippen LogP contribution is 2.67. The summed E-state index contributed by atoms with van der Waals surface area (Å²) in [6.45, 7) is 13.0. The molecular formula is C29H52O2P2. The number of fused-ring (bicyclic) bond motifs is 5. The lowest BCUT2D eigenvalue weighted by Crippen LogP contribution is -2.51.